The monoisotopic (exact) mass is 413 g/mol. The van der Waals surface area contributed by atoms with E-state index < -0.39 is 0 Å². The molecule has 3 amide bonds. The first kappa shape index (κ1) is 20.2. The minimum Gasteiger partial charge on any atom is -0.497 e. The predicted molar refractivity (Wildman–Crippen MR) is 112 cm³/mol. The van der Waals surface area contributed by atoms with Gasteiger partial charge in [-0.25, -0.2) is 4.79 Å². The quantitative estimate of drug-likeness (QED) is 0.727. The highest BCUT2D eigenvalue weighted by atomic mass is 16.5. The highest BCUT2D eigenvalue weighted by molar-refractivity contribution is 5.93. The summed E-state index contributed by atoms with van der Waals surface area (Å²) in [5.41, 5.74) is 1.36. The van der Waals surface area contributed by atoms with E-state index in [1.165, 1.54) is 0 Å². The van der Waals surface area contributed by atoms with Gasteiger partial charge in [-0.2, -0.15) is 5.10 Å². The smallest absolute Gasteiger partial charge is 0.322 e. The summed E-state index contributed by atoms with van der Waals surface area (Å²) in [7, 11) is 3.22. The summed E-state index contributed by atoms with van der Waals surface area (Å²) in [4.78, 5) is 26.7. The summed E-state index contributed by atoms with van der Waals surface area (Å²) >= 11 is 0. The lowest BCUT2D eigenvalue weighted by atomic mass is 10.2. The standard InChI is InChI=1S/C21H27N5O4/c1-29-13-18-9-17(26-11-16(10-22-26)23-20(27)14-6-7-14)12-25(18)21(28)24-15-4-3-5-19(8-15)30-2/h3-5,8,10-11,14,17-18H,6-7,9,12-13H2,1-2H3,(H,23,27)(H,24,28)/t17-,18-/m0/s1. The maximum absolute atomic E-state index is 12.9. The second kappa shape index (κ2) is 8.74. The van der Waals surface area contributed by atoms with Crippen molar-refractivity contribution < 1.29 is 19.1 Å². The van der Waals surface area contributed by atoms with Crippen molar-refractivity contribution >= 4 is 23.3 Å². The molecule has 2 atom stereocenters. The first-order valence-electron chi connectivity index (χ1n) is 10.1. The van der Waals surface area contributed by atoms with Gasteiger partial charge in [0.05, 0.1) is 37.7 Å². The molecule has 2 heterocycles. The molecule has 0 unspecified atom stereocenters. The summed E-state index contributed by atoms with van der Waals surface area (Å²) in [5, 5.41) is 10.3. The second-order valence-electron chi connectivity index (χ2n) is 7.79. The Morgan fingerprint density at radius 3 is 2.77 bits per heavy atom. The number of benzene rings is 1. The van der Waals surface area contributed by atoms with E-state index in [-0.39, 0.29) is 29.9 Å². The molecular weight excluding hydrogens is 386 g/mol. The molecule has 9 nitrogen and oxygen atoms in total. The van der Waals surface area contributed by atoms with Crippen LogP contribution < -0.4 is 15.4 Å². The minimum absolute atomic E-state index is 0.00721. The molecule has 160 valence electrons. The van der Waals surface area contributed by atoms with E-state index in [9.17, 15) is 9.59 Å². The number of rotatable bonds is 7. The second-order valence-corrected chi connectivity index (χ2v) is 7.79. The number of nitrogens with one attached hydrogen (secondary N) is 2. The first-order valence-corrected chi connectivity index (χ1v) is 10.1. The third-order valence-electron chi connectivity index (χ3n) is 5.52. The lowest BCUT2D eigenvalue weighted by molar-refractivity contribution is -0.117. The van der Waals surface area contributed by atoms with Gasteiger partial charge >= 0.3 is 6.03 Å². The van der Waals surface area contributed by atoms with E-state index in [0.29, 0.717) is 30.3 Å². The van der Waals surface area contributed by atoms with Crippen LogP contribution in [0.3, 0.4) is 0 Å². The summed E-state index contributed by atoms with van der Waals surface area (Å²) in [5.74, 6) is 0.872. The lowest BCUT2D eigenvalue weighted by Gasteiger charge is -2.24. The van der Waals surface area contributed by atoms with Crippen LogP contribution in [-0.2, 0) is 9.53 Å². The van der Waals surface area contributed by atoms with Gasteiger partial charge in [-0.3, -0.25) is 9.48 Å². The molecule has 4 rings (SSSR count). The molecule has 1 saturated carbocycles. The fourth-order valence-electron chi connectivity index (χ4n) is 3.77. The molecule has 9 heteroatoms. The van der Waals surface area contributed by atoms with Crippen LogP contribution in [0, 0.1) is 5.92 Å². The number of amides is 3. The van der Waals surface area contributed by atoms with Crippen LogP contribution in [0.4, 0.5) is 16.2 Å². The molecule has 1 aliphatic heterocycles. The van der Waals surface area contributed by atoms with Crippen LogP contribution in [0.25, 0.3) is 0 Å². The van der Waals surface area contributed by atoms with Crippen molar-refractivity contribution in [3.8, 4) is 5.75 Å². The van der Waals surface area contributed by atoms with Gasteiger partial charge in [0.25, 0.3) is 0 Å². The first-order chi connectivity index (χ1) is 14.6. The Bertz CT molecular complexity index is 910. The van der Waals surface area contributed by atoms with Crippen molar-refractivity contribution in [2.45, 2.75) is 31.3 Å². The third kappa shape index (κ3) is 4.56. The number of carbonyl (C=O) groups is 2. The zero-order valence-electron chi connectivity index (χ0n) is 17.2. The Hall–Kier alpha value is -3.07. The Kier molecular flexibility index (Phi) is 5.89. The lowest BCUT2D eigenvalue weighted by Crippen LogP contribution is -2.41. The maximum atomic E-state index is 12.9. The number of likely N-dealkylation sites (tertiary alicyclic amines) is 1. The number of methoxy groups -OCH3 is 2. The molecule has 2 aromatic rings. The van der Waals surface area contributed by atoms with Gasteiger partial charge in [0.2, 0.25) is 5.91 Å². The minimum atomic E-state index is -0.192. The van der Waals surface area contributed by atoms with Gasteiger partial charge in [0.15, 0.2) is 0 Å². The Balaban J connectivity index is 1.42. The van der Waals surface area contributed by atoms with Crippen LogP contribution in [-0.4, -0.2) is 60.0 Å². The van der Waals surface area contributed by atoms with Crippen LogP contribution in [0.15, 0.2) is 36.7 Å². The molecule has 0 bridgehead atoms. The predicted octanol–water partition coefficient (Wildman–Crippen LogP) is 2.73. The molecule has 0 radical (unpaired) electrons. The van der Waals surface area contributed by atoms with Crippen molar-refractivity contribution in [1.29, 1.82) is 0 Å². The zero-order chi connectivity index (χ0) is 21.1. The number of hydrogen-bond acceptors (Lipinski definition) is 5. The summed E-state index contributed by atoms with van der Waals surface area (Å²) in [6.45, 7) is 0.941. The van der Waals surface area contributed by atoms with E-state index in [1.54, 1.807) is 31.4 Å². The van der Waals surface area contributed by atoms with E-state index in [0.717, 1.165) is 19.3 Å². The normalized spacial score (nSPS) is 20.8. The topological polar surface area (TPSA) is 97.7 Å². The van der Waals surface area contributed by atoms with E-state index >= 15 is 0 Å². The van der Waals surface area contributed by atoms with Gasteiger partial charge in [-0.05, 0) is 31.4 Å². The van der Waals surface area contributed by atoms with Crippen LogP contribution in [0.5, 0.6) is 5.75 Å². The third-order valence-corrected chi connectivity index (χ3v) is 5.52. The number of nitrogens with zero attached hydrogens (tertiary/aromatic N) is 3. The molecule has 1 aromatic carbocycles. The molecule has 2 aliphatic rings. The zero-order valence-corrected chi connectivity index (χ0v) is 17.2. The molecule has 2 fully saturated rings. The molecule has 1 aromatic heterocycles. The molecule has 0 spiro atoms. The number of hydrogen-bond donors (Lipinski definition) is 2. The van der Waals surface area contributed by atoms with Gasteiger partial charge in [0.1, 0.15) is 5.75 Å². The van der Waals surface area contributed by atoms with E-state index in [4.69, 9.17) is 9.47 Å². The van der Waals surface area contributed by atoms with Gasteiger partial charge < -0.3 is 25.0 Å². The van der Waals surface area contributed by atoms with Gasteiger partial charge in [-0.1, -0.05) is 6.07 Å². The van der Waals surface area contributed by atoms with Gasteiger partial charge in [-0.15, -0.1) is 0 Å². The van der Waals surface area contributed by atoms with Gasteiger partial charge in [0, 0.05) is 37.5 Å². The van der Waals surface area contributed by atoms with Crippen molar-refractivity contribution in [1.82, 2.24) is 14.7 Å². The number of urea groups is 1. The van der Waals surface area contributed by atoms with E-state index in [1.807, 2.05) is 29.1 Å². The summed E-state index contributed by atoms with van der Waals surface area (Å²) < 4.78 is 12.4. The molecule has 1 aliphatic carbocycles. The number of aromatic nitrogens is 2. The summed E-state index contributed by atoms with van der Waals surface area (Å²) in [6, 6.07) is 7.00. The highest BCUT2D eigenvalue weighted by Crippen LogP contribution is 2.31. The Morgan fingerprint density at radius 1 is 1.20 bits per heavy atom. The SMILES string of the molecule is COC[C@@H]1C[C@H](n2cc(NC(=O)C3CC3)cn2)CN1C(=O)Nc1cccc(OC)c1. The summed E-state index contributed by atoms with van der Waals surface area (Å²) in [6.07, 6.45) is 6.12. The molecule has 1 saturated heterocycles. The molecule has 2 N–H and O–H groups in total. The average Bonchev–Trinajstić information content (AvgIpc) is 3.36. The largest absolute Gasteiger partial charge is 0.497 e. The molecule has 30 heavy (non-hydrogen) atoms. The maximum Gasteiger partial charge on any atom is 0.322 e. The van der Waals surface area contributed by atoms with Crippen molar-refractivity contribution in [3.63, 3.8) is 0 Å². The molecular formula is C21H27N5O4. The fourth-order valence-corrected chi connectivity index (χ4v) is 3.77. The number of ether oxygens (including phenoxy) is 2. The highest BCUT2D eigenvalue weighted by Gasteiger charge is 2.37. The Labute approximate surface area is 175 Å². The van der Waals surface area contributed by atoms with Crippen molar-refractivity contribution in [2.24, 2.45) is 5.92 Å². The van der Waals surface area contributed by atoms with E-state index in [2.05, 4.69) is 15.7 Å². The van der Waals surface area contributed by atoms with Crippen LogP contribution in [0.2, 0.25) is 0 Å². The number of carbonyl (C=O) groups excluding carboxylic acids is 2. The van der Waals surface area contributed by atoms with Crippen LogP contribution >= 0.6 is 0 Å². The fraction of sp³-hybridized carbons (Fsp3) is 0.476. The van der Waals surface area contributed by atoms with Crippen molar-refractivity contribution in [3.05, 3.63) is 36.7 Å². The van der Waals surface area contributed by atoms with Crippen molar-refractivity contribution in [2.75, 3.05) is 38.0 Å². The number of anilines is 2. The Morgan fingerprint density at radius 2 is 2.03 bits per heavy atom. The van der Waals surface area contributed by atoms with Crippen LogP contribution in [0.1, 0.15) is 25.3 Å². The average molecular weight is 413 g/mol.